The van der Waals surface area contributed by atoms with E-state index in [2.05, 4.69) is 0 Å². The van der Waals surface area contributed by atoms with E-state index in [0.717, 1.165) is 17.0 Å². The number of para-hydroxylation sites is 1. The number of rotatable bonds is 5. The van der Waals surface area contributed by atoms with Gasteiger partial charge in [-0.1, -0.05) is 19.9 Å². The molecule has 0 bridgehead atoms. The third kappa shape index (κ3) is 3.49. The van der Waals surface area contributed by atoms with Gasteiger partial charge in [0.2, 0.25) is 5.91 Å². The standard InChI is InChI=1S/C13H15F2NO3/c1-3-11(17)16(7-8(2)13(18)19)12-9(14)5-4-6-10(12)15/h4-6,8H,3,7H2,1-2H3,(H,18,19). The lowest BCUT2D eigenvalue weighted by Crippen LogP contribution is -2.37. The zero-order chi connectivity index (χ0) is 14.6. The second kappa shape index (κ2) is 6.26. The summed E-state index contributed by atoms with van der Waals surface area (Å²) >= 11 is 0. The van der Waals surface area contributed by atoms with Crippen molar-refractivity contribution in [1.82, 2.24) is 0 Å². The molecule has 0 aliphatic carbocycles. The molecule has 6 heteroatoms. The lowest BCUT2D eigenvalue weighted by molar-refractivity contribution is -0.140. The number of halogens is 2. The van der Waals surface area contributed by atoms with Crippen molar-refractivity contribution in [3.05, 3.63) is 29.8 Å². The largest absolute Gasteiger partial charge is 0.481 e. The van der Waals surface area contributed by atoms with Gasteiger partial charge < -0.3 is 10.0 Å². The molecule has 0 spiro atoms. The molecule has 1 atom stereocenters. The first-order valence-electron chi connectivity index (χ1n) is 5.85. The summed E-state index contributed by atoms with van der Waals surface area (Å²) in [5, 5.41) is 8.85. The van der Waals surface area contributed by atoms with E-state index in [-0.39, 0.29) is 13.0 Å². The molecule has 0 aromatic heterocycles. The lowest BCUT2D eigenvalue weighted by atomic mass is 10.1. The predicted molar refractivity (Wildman–Crippen MR) is 65.8 cm³/mol. The van der Waals surface area contributed by atoms with Gasteiger partial charge in [0, 0.05) is 13.0 Å². The highest BCUT2D eigenvalue weighted by molar-refractivity contribution is 5.94. The summed E-state index contributed by atoms with van der Waals surface area (Å²) in [5.74, 6) is -4.36. The van der Waals surface area contributed by atoms with E-state index in [9.17, 15) is 18.4 Å². The molecule has 1 aromatic carbocycles. The fraction of sp³-hybridized carbons (Fsp3) is 0.385. The topological polar surface area (TPSA) is 57.6 Å². The minimum absolute atomic E-state index is 0.0279. The van der Waals surface area contributed by atoms with Gasteiger partial charge in [0.05, 0.1) is 5.92 Å². The zero-order valence-corrected chi connectivity index (χ0v) is 10.7. The molecule has 0 fully saturated rings. The van der Waals surface area contributed by atoms with E-state index in [1.54, 1.807) is 6.92 Å². The first kappa shape index (κ1) is 15.1. The fourth-order valence-corrected chi connectivity index (χ4v) is 1.61. The Kier molecular flexibility index (Phi) is 4.97. The molecule has 104 valence electrons. The van der Waals surface area contributed by atoms with Gasteiger partial charge >= 0.3 is 5.97 Å². The second-order valence-corrected chi connectivity index (χ2v) is 4.17. The maximum absolute atomic E-state index is 13.7. The van der Waals surface area contributed by atoms with Gasteiger partial charge in [-0.3, -0.25) is 9.59 Å². The summed E-state index contributed by atoms with van der Waals surface area (Å²) < 4.78 is 27.3. The van der Waals surface area contributed by atoms with Gasteiger partial charge in [-0.25, -0.2) is 8.78 Å². The van der Waals surface area contributed by atoms with Crippen LogP contribution in [0.1, 0.15) is 20.3 Å². The normalized spacial score (nSPS) is 12.0. The molecule has 1 rings (SSSR count). The van der Waals surface area contributed by atoms with Crippen molar-refractivity contribution >= 4 is 17.6 Å². The molecule has 0 heterocycles. The van der Waals surface area contributed by atoms with Crippen molar-refractivity contribution in [2.24, 2.45) is 5.92 Å². The van der Waals surface area contributed by atoms with E-state index in [1.807, 2.05) is 0 Å². The van der Waals surface area contributed by atoms with Crippen LogP contribution in [0.4, 0.5) is 14.5 Å². The number of amides is 1. The van der Waals surface area contributed by atoms with Crippen LogP contribution in [0.3, 0.4) is 0 Å². The number of aliphatic carboxylic acids is 1. The first-order valence-corrected chi connectivity index (χ1v) is 5.85. The number of carboxylic acid groups (broad SMARTS) is 1. The quantitative estimate of drug-likeness (QED) is 0.894. The van der Waals surface area contributed by atoms with Crippen LogP contribution < -0.4 is 4.90 Å². The third-order valence-corrected chi connectivity index (χ3v) is 2.69. The molecule has 1 unspecified atom stereocenters. The summed E-state index contributed by atoms with van der Waals surface area (Å²) in [7, 11) is 0. The second-order valence-electron chi connectivity index (χ2n) is 4.17. The molecule has 0 aliphatic heterocycles. The summed E-state index contributed by atoms with van der Waals surface area (Å²) in [6, 6.07) is 3.24. The van der Waals surface area contributed by atoms with Crippen molar-refractivity contribution in [3.63, 3.8) is 0 Å². The Hall–Kier alpha value is -1.98. The monoisotopic (exact) mass is 271 g/mol. The molecule has 4 nitrogen and oxygen atoms in total. The van der Waals surface area contributed by atoms with Gasteiger partial charge in [-0.05, 0) is 12.1 Å². The molecule has 0 aliphatic rings. The Bertz CT molecular complexity index is 471. The molecule has 1 aromatic rings. The third-order valence-electron chi connectivity index (χ3n) is 2.69. The Morgan fingerprint density at radius 1 is 1.32 bits per heavy atom. The summed E-state index contributed by atoms with van der Waals surface area (Å²) in [6.45, 7) is 2.64. The molecule has 1 N–H and O–H groups in total. The maximum atomic E-state index is 13.7. The highest BCUT2D eigenvalue weighted by Gasteiger charge is 2.25. The molecule has 0 saturated heterocycles. The van der Waals surface area contributed by atoms with Crippen LogP contribution in [0.15, 0.2) is 18.2 Å². The Morgan fingerprint density at radius 3 is 2.26 bits per heavy atom. The number of hydrogen-bond acceptors (Lipinski definition) is 2. The van der Waals surface area contributed by atoms with E-state index in [0.29, 0.717) is 0 Å². The highest BCUT2D eigenvalue weighted by atomic mass is 19.1. The van der Waals surface area contributed by atoms with Gasteiger partial charge in [-0.2, -0.15) is 0 Å². The maximum Gasteiger partial charge on any atom is 0.308 e. The molecular weight excluding hydrogens is 256 g/mol. The van der Waals surface area contributed by atoms with E-state index < -0.39 is 35.1 Å². The van der Waals surface area contributed by atoms with Crippen LogP contribution in [-0.2, 0) is 9.59 Å². The summed E-state index contributed by atoms with van der Waals surface area (Å²) in [4.78, 5) is 23.4. The smallest absolute Gasteiger partial charge is 0.308 e. The Balaban J connectivity index is 3.17. The van der Waals surface area contributed by atoms with Crippen LogP contribution >= 0.6 is 0 Å². The summed E-state index contributed by atoms with van der Waals surface area (Å²) in [6.07, 6.45) is 0.0279. The zero-order valence-electron chi connectivity index (χ0n) is 10.7. The van der Waals surface area contributed by atoms with Crippen LogP contribution in [-0.4, -0.2) is 23.5 Å². The number of carbonyl (C=O) groups excluding carboxylic acids is 1. The van der Waals surface area contributed by atoms with Gasteiger partial charge in [-0.15, -0.1) is 0 Å². The number of carboxylic acids is 1. The van der Waals surface area contributed by atoms with Crippen molar-refractivity contribution in [2.75, 3.05) is 11.4 Å². The van der Waals surface area contributed by atoms with Crippen molar-refractivity contribution in [1.29, 1.82) is 0 Å². The number of nitrogens with zero attached hydrogens (tertiary/aromatic N) is 1. The number of hydrogen-bond donors (Lipinski definition) is 1. The lowest BCUT2D eigenvalue weighted by Gasteiger charge is -2.25. The van der Waals surface area contributed by atoms with E-state index >= 15 is 0 Å². The molecule has 0 radical (unpaired) electrons. The van der Waals surface area contributed by atoms with Crippen molar-refractivity contribution < 1.29 is 23.5 Å². The van der Waals surface area contributed by atoms with Gasteiger partial charge in [0.15, 0.2) is 0 Å². The minimum atomic E-state index is -1.13. The minimum Gasteiger partial charge on any atom is -0.481 e. The molecule has 1 amide bonds. The Labute approximate surface area is 109 Å². The average Bonchev–Trinajstić information content (AvgIpc) is 2.35. The van der Waals surface area contributed by atoms with Crippen LogP contribution in [0.25, 0.3) is 0 Å². The van der Waals surface area contributed by atoms with Crippen LogP contribution in [0.2, 0.25) is 0 Å². The number of carbonyl (C=O) groups is 2. The van der Waals surface area contributed by atoms with Crippen molar-refractivity contribution in [3.8, 4) is 0 Å². The van der Waals surface area contributed by atoms with Gasteiger partial charge in [0.1, 0.15) is 17.3 Å². The highest BCUT2D eigenvalue weighted by Crippen LogP contribution is 2.24. The van der Waals surface area contributed by atoms with Gasteiger partial charge in [0.25, 0.3) is 0 Å². The average molecular weight is 271 g/mol. The molecule has 19 heavy (non-hydrogen) atoms. The first-order chi connectivity index (χ1) is 8.88. The van der Waals surface area contributed by atoms with E-state index in [1.165, 1.54) is 13.0 Å². The van der Waals surface area contributed by atoms with Crippen LogP contribution in [0, 0.1) is 17.6 Å². The van der Waals surface area contributed by atoms with Crippen LogP contribution in [0.5, 0.6) is 0 Å². The number of anilines is 1. The number of benzene rings is 1. The SMILES string of the molecule is CCC(=O)N(CC(C)C(=O)O)c1c(F)cccc1F. The van der Waals surface area contributed by atoms with Crippen molar-refractivity contribution in [2.45, 2.75) is 20.3 Å². The Morgan fingerprint density at radius 2 is 1.84 bits per heavy atom. The summed E-state index contributed by atoms with van der Waals surface area (Å²) in [5.41, 5.74) is -0.498. The molecular formula is C13H15F2NO3. The van der Waals surface area contributed by atoms with E-state index in [4.69, 9.17) is 5.11 Å². The fourth-order valence-electron chi connectivity index (χ4n) is 1.61. The molecule has 0 saturated carbocycles. The predicted octanol–water partition coefficient (Wildman–Crippen LogP) is 2.43.